The third-order valence-corrected chi connectivity index (χ3v) is 4.85. The van der Waals surface area contributed by atoms with E-state index in [9.17, 15) is 4.79 Å². The van der Waals surface area contributed by atoms with Gasteiger partial charge in [-0.1, -0.05) is 18.2 Å². The van der Waals surface area contributed by atoms with E-state index in [2.05, 4.69) is 26.4 Å². The zero-order valence-electron chi connectivity index (χ0n) is 15.2. The zero-order chi connectivity index (χ0) is 19.1. The van der Waals surface area contributed by atoms with Gasteiger partial charge in [-0.25, -0.2) is 9.97 Å². The van der Waals surface area contributed by atoms with Crippen LogP contribution in [0.3, 0.4) is 0 Å². The number of aromatic nitrogens is 4. The maximum atomic E-state index is 12.0. The van der Waals surface area contributed by atoms with Crippen LogP contribution in [-0.2, 0) is 6.54 Å². The highest BCUT2D eigenvalue weighted by atomic mass is 16.5. The molecule has 4 aromatic rings. The van der Waals surface area contributed by atoms with E-state index in [4.69, 9.17) is 4.74 Å². The summed E-state index contributed by atoms with van der Waals surface area (Å²) in [6.07, 6.45) is 1.72. The first kappa shape index (κ1) is 16.4. The molecule has 138 valence electrons. The van der Waals surface area contributed by atoms with E-state index in [-0.39, 0.29) is 5.91 Å². The lowest BCUT2D eigenvalue weighted by atomic mass is 10.1. The number of amides is 1. The summed E-state index contributed by atoms with van der Waals surface area (Å²) in [5.41, 5.74) is 2.83. The Labute approximate surface area is 161 Å². The Bertz CT molecular complexity index is 1210. The first-order valence-electron chi connectivity index (χ1n) is 8.99. The molecule has 1 N–H and O–H groups in total. The molecule has 0 atom stereocenters. The Hall–Kier alpha value is -3.74. The number of nitrogens with zero attached hydrogens (tertiary/aromatic N) is 4. The zero-order valence-corrected chi connectivity index (χ0v) is 15.2. The first-order valence-corrected chi connectivity index (χ1v) is 8.99. The number of ether oxygens (including phenoxy) is 1. The molecular formula is C21H17N5O2. The second-order valence-electron chi connectivity index (χ2n) is 6.59. The van der Waals surface area contributed by atoms with Crippen molar-refractivity contribution in [3.63, 3.8) is 0 Å². The maximum Gasteiger partial charge on any atom is 0.269 e. The van der Waals surface area contributed by atoms with Gasteiger partial charge in [0.05, 0.1) is 19.3 Å². The van der Waals surface area contributed by atoms with Crippen LogP contribution >= 0.6 is 0 Å². The van der Waals surface area contributed by atoms with Gasteiger partial charge in [-0.05, 0) is 41.1 Å². The fourth-order valence-corrected chi connectivity index (χ4v) is 3.39. The van der Waals surface area contributed by atoms with Gasteiger partial charge >= 0.3 is 0 Å². The molecule has 0 bridgehead atoms. The van der Waals surface area contributed by atoms with Gasteiger partial charge in [-0.15, -0.1) is 0 Å². The largest absolute Gasteiger partial charge is 0.497 e. The molecule has 5 rings (SSSR count). The lowest BCUT2D eigenvalue weighted by Gasteiger charge is -2.13. The van der Waals surface area contributed by atoms with Crippen molar-refractivity contribution in [1.29, 1.82) is 0 Å². The summed E-state index contributed by atoms with van der Waals surface area (Å²) in [5, 5.41) is 9.53. The van der Waals surface area contributed by atoms with Crippen molar-refractivity contribution in [1.82, 2.24) is 25.1 Å². The highest BCUT2D eigenvalue weighted by Gasteiger charge is 2.20. The lowest BCUT2D eigenvalue weighted by molar-refractivity contribution is 0.0924. The molecule has 0 spiro atoms. The van der Waals surface area contributed by atoms with Crippen LogP contribution in [0.1, 0.15) is 10.5 Å². The van der Waals surface area contributed by atoms with Crippen LogP contribution in [0.25, 0.3) is 33.5 Å². The first-order chi connectivity index (χ1) is 13.7. The predicted octanol–water partition coefficient (Wildman–Crippen LogP) is 2.91. The van der Waals surface area contributed by atoms with Crippen molar-refractivity contribution in [2.75, 3.05) is 13.7 Å². The Morgan fingerprint density at radius 1 is 1.04 bits per heavy atom. The molecule has 0 saturated carbocycles. The fraction of sp³-hybridized carbons (Fsp3) is 0.143. The molecule has 2 aromatic heterocycles. The van der Waals surface area contributed by atoms with Crippen LogP contribution in [0.5, 0.6) is 5.75 Å². The molecule has 28 heavy (non-hydrogen) atoms. The normalized spacial score (nSPS) is 13.2. The SMILES string of the molecule is COc1ccc2cc(-c3nccc(-c4cc5n(n4)CCNC5=O)n3)ccc2c1. The second kappa shape index (κ2) is 6.45. The molecule has 0 saturated heterocycles. The van der Waals surface area contributed by atoms with E-state index in [0.717, 1.165) is 22.1 Å². The summed E-state index contributed by atoms with van der Waals surface area (Å²) in [4.78, 5) is 21.1. The maximum absolute atomic E-state index is 12.0. The highest BCUT2D eigenvalue weighted by Crippen LogP contribution is 2.27. The van der Waals surface area contributed by atoms with Gasteiger partial charge in [-0.2, -0.15) is 5.10 Å². The van der Waals surface area contributed by atoms with Crippen LogP contribution in [0.2, 0.25) is 0 Å². The molecule has 0 unspecified atom stereocenters. The minimum atomic E-state index is -0.107. The third kappa shape index (κ3) is 2.77. The highest BCUT2D eigenvalue weighted by molar-refractivity contribution is 5.94. The van der Waals surface area contributed by atoms with Gasteiger partial charge in [0.1, 0.15) is 17.1 Å². The van der Waals surface area contributed by atoms with E-state index < -0.39 is 0 Å². The van der Waals surface area contributed by atoms with Crippen molar-refractivity contribution < 1.29 is 9.53 Å². The van der Waals surface area contributed by atoms with Gasteiger partial charge in [-0.3, -0.25) is 9.48 Å². The van der Waals surface area contributed by atoms with Gasteiger partial charge < -0.3 is 10.1 Å². The number of carbonyl (C=O) groups excluding carboxylic acids is 1. The molecule has 2 aromatic carbocycles. The van der Waals surface area contributed by atoms with Gasteiger partial charge in [0, 0.05) is 18.3 Å². The molecule has 7 heteroatoms. The molecule has 1 aliphatic heterocycles. The predicted molar refractivity (Wildman–Crippen MR) is 105 cm³/mol. The molecule has 3 heterocycles. The summed E-state index contributed by atoms with van der Waals surface area (Å²) in [6.45, 7) is 1.25. The monoisotopic (exact) mass is 371 g/mol. The Balaban J connectivity index is 1.54. The van der Waals surface area contributed by atoms with Crippen molar-refractivity contribution >= 4 is 16.7 Å². The van der Waals surface area contributed by atoms with E-state index >= 15 is 0 Å². The topological polar surface area (TPSA) is 81.9 Å². The number of rotatable bonds is 3. The second-order valence-corrected chi connectivity index (χ2v) is 6.59. The number of methoxy groups -OCH3 is 1. The van der Waals surface area contributed by atoms with Gasteiger partial charge in [0.2, 0.25) is 0 Å². The van der Waals surface area contributed by atoms with E-state index in [1.54, 1.807) is 24.1 Å². The molecule has 0 radical (unpaired) electrons. The third-order valence-electron chi connectivity index (χ3n) is 4.85. The molecule has 0 fully saturated rings. The summed E-state index contributed by atoms with van der Waals surface area (Å²) in [6, 6.07) is 15.6. The summed E-state index contributed by atoms with van der Waals surface area (Å²) in [5.74, 6) is 1.33. The van der Waals surface area contributed by atoms with Crippen molar-refractivity contribution in [2.45, 2.75) is 6.54 Å². The van der Waals surface area contributed by atoms with E-state index in [0.29, 0.717) is 36.0 Å². The number of benzene rings is 2. The van der Waals surface area contributed by atoms with Crippen LogP contribution < -0.4 is 10.1 Å². The summed E-state index contributed by atoms with van der Waals surface area (Å²) < 4.78 is 7.00. The average molecular weight is 371 g/mol. The Morgan fingerprint density at radius 3 is 2.75 bits per heavy atom. The standard InChI is InChI=1S/C21H17N5O2/c1-28-16-5-4-13-10-15(3-2-14(13)11-16)20-22-7-6-17(24-20)18-12-19-21(27)23-8-9-26(19)25-18/h2-7,10-12H,8-9H2,1H3,(H,23,27). The van der Waals surface area contributed by atoms with Gasteiger partial charge in [0.15, 0.2) is 5.82 Å². The number of nitrogens with one attached hydrogen (secondary N) is 1. The number of hydrogen-bond acceptors (Lipinski definition) is 5. The van der Waals surface area contributed by atoms with Crippen LogP contribution in [0.15, 0.2) is 54.7 Å². The van der Waals surface area contributed by atoms with Crippen LogP contribution in [-0.4, -0.2) is 39.3 Å². The number of hydrogen-bond donors (Lipinski definition) is 1. The summed E-state index contributed by atoms with van der Waals surface area (Å²) >= 11 is 0. The van der Waals surface area contributed by atoms with Gasteiger partial charge in [0.25, 0.3) is 5.91 Å². The molecular weight excluding hydrogens is 354 g/mol. The Kier molecular flexibility index (Phi) is 3.79. The average Bonchev–Trinajstić information content (AvgIpc) is 3.19. The minimum Gasteiger partial charge on any atom is -0.497 e. The molecule has 0 aliphatic carbocycles. The smallest absolute Gasteiger partial charge is 0.269 e. The van der Waals surface area contributed by atoms with Crippen LogP contribution in [0.4, 0.5) is 0 Å². The molecule has 1 aliphatic rings. The molecule has 7 nitrogen and oxygen atoms in total. The van der Waals surface area contributed by atoms with Crippen molar-refractivity contribution in [2.24, 2.45) is 0 Å². The van der Waals surface area contributed by atoms with Crippen molar-refractivity contribution in [3.05, 3.63) is 60.4 Å². The molecule has 1 amide bonds. The van der Waals surface area contributed by atoms with Crippen molar-refractivity contribution in [3.8, 4) is 28.5 Å². The summed E-state index contributed by atoms with van der Waals surface area (Å²) in [7, 11) is 1.66. The minimum absolute atomic E-state index is 0.107. The van der Waals surface area contributed by atoms with Crippen LogP contribution in [0, 0.1) is 0 Å². The lowest BCUT2D eigenvalue weighted by Crippen LogP contribution is -2.35. The number of fused-ring (bicyclic) bond motifs is 2. The van der Waals surface area contributed by atoms with E-state index in [1.165, 1.54) is 0 Å². The fourth-order valence-electron chi connectivity index (χ4n) is 3.39. The van der Waals surface area contributed by atoms with E-state index in [1.807, 2.05) is 36.4 Å². The number of carbonyl (C=O) groups is 1. The Morgan fingerprint density at radius 2 is 1.89 bits per heavy atom. The quantitative estimate of drug-likeness (QED) is 0.599.